The number of rotatable bonds is 5. The van der Waals surface area contributed by atoms with Gasteiger partial charge in [-0.3, -0.25) is 10.1 Å². The molecule has 0 unspecified atom stereocenters. The van der Waals surface area contributed by atoms with E-state index in [1.807, 2.05) is 0 Å². The van der Waals surface area contributed by atoms with Crippen molar-refractivity contribution in [2.75, 3.05) is 7.11 Å². The molecule has 0 saturated carbocycles. The van der Waals surface area contributed by atoms with Crippen LogP contribution in [0.1, 0.15) is 32.4 Å². The predicted octanol–water partition coefficient (Wildman–Crippen LogP) is 1.69. The maximum atomic E-state index is 11.8. The molecule has 9 nitrogen and oxygen atoms in total. The monoisotopic (exact) mass is 340 g/mol. The fourth-order valence-electron chi connectivity index (χ4n) is 1.81. The molecule has 9 heteroatoms. The van der Waals surface area contributed by atoms with Crippen LogP contribution in [0.4, 0.5) is 10.5 Å². The topological polar surface area (TPSA) is 128 Å². The average Bonchev–Trinajstić information content (AvgIpc) is 2.49. The first-order chi connectivity index (χ1) is 11.0. The van der Waals surface area contributed by atoms with Crippen LogP contribution >= 0.6 is 0 Å². The van der Waals surface area contributed by atoms with Crippen LogP contribution < -0.4 is 5.32 Å². The number of hydrogen-bond acceptors (Lipinski definition) is 7. The van der Waals surface area contributed by atoms with Crippen LogP contribution in [0.5, 0.6) is 0 Å². The molecule has 24 heavy (non-hydrogen) atoms. The SMILES string of the molecule is COC(=O)[C@H](NC(=O)OC(C)(C)C)[C@H](O)c1ccc([N+](=O)[O-])cc1. The molecular formula is C15H20N2O7. The first kappa shape index (κ1) is 19.4. The van der Waals surface area contributed by atoms with Crippen molar-refractivity contribution < 1.29 is 29.1 Å². The highest BCUT2D eigenvalue weighted by Crippen LogP contribution is 2.21. The molecule has 0 aromatic heterocycles. The molecule has 0 spiro atoms. The molecule has 0 saturated heterocycles. The molecule has 0 aliphatic heterocycles. The van der Waals surface area contributed by atoms with Crippen LogP contribution in [-0.4, -0.2) is 40.8 Å². The van der Waals surface area contributed by atoms with Gasteiger partial charge in [-0.1, -0.05) is 0 Å². The number of non-ortho nitro benzene ring substituents is 1. The van der Waals surface area contributed by atoms with Gasteiger partial charge in [0.15, 0.2) is 6.04 Å². The van der Waals surface area contributed by atoms with Gasteiger partial charge in [0.1, 0.15) is 11.7 Å². The standard InChI is InChI=1S/C15H20N2O7/c1-15(2,3)24-14(20)16-11(13(19)23-4)12(18)9-5-7-10(8-6-9)17(21)22/h5-8,11-12,18H,1-4H3,(H,16,20)/t11-,12-/m1/s1. The third-order valence-corrected chi connectivity index (χ3v) is 2.89. The number of carbonyl (C=O) groups is 2. The lowest BCUT2D eigenvalue weighted by molar-refractivity contribution is -0.384. The first-order valence-corrected chi connectivity index (χ1v) is 7.05. The molecule has 0 radical (unpaired) electrons. The van der Waals surface area contributed by atoms with E-state index in [2.05, 4.69) is 10.1 Å². The van der Waals surface area contributed by atoms with Gasteiger partial charge in [0.25, 0.3) is 5.69 Å². The average molecular weight is 340 g/mol. The number of amides is 1. The Bertz CT molecular complexity index is 607. The Labute approximate surface area is 138 Å². The number of carbonyl (C=O) groups excluding carboxylic acids is 2. The molecule has 0 heterocycles. The molecule has 0 aliphatic carbocycles. The maximum Gasteiger partial charge on any atom is 0.408 e. The number of methoxy groups -OCH3 is 1. The smallest absolute Gasteiger partial charge is 0.408 e. The van der Waals surface area contributed by atoms with Crippen LogP contribution in [0.15, 0.2) is 24.3 Å². The number of nitrogens with one attached hydrogen (secondary N) is 1. The van der Waals surface area contributed by atoms with Gasteiger partial charge >= 0.3 is 12.1 Å². The van der Waals surface area contributed by atoms with Crippen LogP contribution in [0.2, 0.25) is 0 Å². The van der Waals surface area contributed by atoms with Crippen molar-refractivity contribution in [3.63, 3.8) is 0 Å². The molecule has 0 aliphatic rings. The van der Waals surface area contributed by atoms with E-state index in [-0.39, 0.29) is 11.3 Å². The number of alkyl carbamates (subject to hydrolysis) is 1. The zero-order valence-corrected chi connectivity index (χ0v) is 13.8. The van der Waals surface area contributed by atoms with Gasteiger partial charge in [-0.2, -0.15) is 0 Å². The van der Waals surface area contributed by atoms with E-state index in [1.54, 1.807) is 20.8 Å². The Morgan fingerprint density at radius 1 is 1.25 bits per heavy atom. The first-order valence-electron chi connectivity index (χ1n) is 7.05. The molecule has 1 rings (SSSR count). The number of hydrogen-bond donors (Lipinski definition) is 2. The molecule has 1 aromatic carbocycles. The number of nitro groups is 1. The number of nitrogens with zero attached hydrogens (tertiary/aromatic N) is 1. The van der Waals surface area contributed by atoms with Crippen LogP contribution in [-0.2, 0) is 14.3 Å². The van der Waals surface area contributed by atoms with Crippen LogP contribution in [0, 0.1) is 10.1 Å². The van der Waals surface area contributed by atoms with E-state index >= 15 is 0 Å². The zero-order valence-electron chi connectivity index (χ0n) is 13.8. The third kappa shape index (κ3) is 5.51. The number of ether oxygens (including phenoxy) is 2. The lowest BCUT2D eigenvalue weighted by atomic mass is 10.0. The fourth-order valence-corrected chi connectivity index (χ4v) is 1.81. The summed E-state index contributed by atoms with van der Waals surface area (Å²) in [6.07, 6.45) is -2.37. The summed E-state index contributed by atoms with van der Waals surface area (Å²) in [5.74, 6) is -0.883. The molecule has 2 atom stereocenters. The summed E-state index contributed by atoms with van der Waals surface area (Å²) >= 11 is 0. The van der Waals surface area contributed by atoms with Crippen molar-refractivity contribution in [1.82, 2.24) is 5.32 Å². The van der Waals surface area contributed by atoms with Crippen molar-refractivity contribution in [2.45, 2.75) is 38.5 Å². The van der Waals surface area contributed by atoms with Gasteiger partial charge in [-0.15, -0.1) is 0 Å². The number of benzene rings is 1. The summed E-state index contributed by atoms with van der Waals surface area (Å²) in [5, 5.41) is 23.2. The van der Waals surface area contributed by atoms with E-state index in [0.29, 0.717) is 0 Å². The third-order valence-electron chi connectivity index (χ3n) is 2.89. The molecule has 1 aromatic rings. The van der Waals surface area contributed by atoms with Crippen LogP contribution in [0.3, 0.4) is 0 Å². The van der Waals surface area contributed by atoms with Crippen molar-refractivity contribution in [1.29, 1.82) is 0 Å². The fraction of sp³-hybridized carbons (Fsp3) is 0.467. The van der Waals surface area contributed by atoms with Gasteiger partial charge < -0.3 is 19.9 Å². The van der Waals surface area contributed by atoms with E-state index in [9.17, 15) is 24.8 Å². The minimum Gasteiger partial charge on any atom is -0.467 e. The van der Waals surface area contributed by atoms with Crippen molar-refractivity contribution in [2.24, 2.45) is 0 Å². The molecule has 2 N–H and O–H groups in total. The Kier molecular flexibility index (Phi) is 6.24. The highest BCUT2D eigenvalue weighted by Gasteiger charge is 2.32. The van der Waals surface area contributed by atoms with Crippen molar-refractivity contribution in [3.8, 4) is 0 Å². The normalized spacial score (nSPS) is 13.5. The van der Waals surface area contributed by atoms with Gasteiger partial charge in [-0.05, 0) is 38.5 Å². The highest BCUT2D eigenvalue weighted by molar-refractivity contribution is 5.82. The Morgan fingerprint density at radius 3 is 2.21 bits per heavy atom. The summed E-state index contributed by atoms with van der Waals surface area (Å²) in [4.78, 5) is 33.7. The Hall–Kier alpha value is -2.68. The minimum absolute atomic E-state index is 0.166. The number of aliphatic hydroxyl groups is 1. The Balaban J connectivity index is 2.96. The largest absolute Gasteiger partial charge is 0.467 e. The quantitative estimate of drug-likeness (QED) is 0.474. The summed E-state index contributed by atoms with van der Waals surface area (Å²) in [6, 6.07) is 3.51. The lowest BCUT2D eigenvalue weighted by Gasteiger charge is -2.25. The summed E-state index contributed by atoms with van der Waals surface area (Å²) in [5.41, 5.74) is -0.754. The second-order valence-corrected chi connectivity index (χ2v) is 5.94. The summed E-state index contributed by atoms with van der Waals surface area (Å²) < 4.78 is 9.61. The highest BCUT2D eigenvalue weighted by atomic mass is 16.6. The van der Waals surface area contributed by atoms with Gasteiger partial charge in [0.05, 0.1) is 12.0 Å². The zero-order chi connectivity index (χ0) is 18.5. The number of nitro benzene ring substituents is 1. The van der Waals surface area contributed by atoms with Gasteiger partial charge in [0, 0.05) is 12.1 Å². The second-order valence-electron chi connectivity index (χ2n) is 5.94. The minimum atomic E-state index is -1.47. The summed E-state index contributed by atoms with van der Waals surface area (Å²) in [6.45, 7) is 4.94. The van der Waals surface area contributed by atoms with Crippen molar-refractivity contribution >= 4 is 17.7 Å². The van der Waals surface area contributed by atoms with Crippen molar-refractivity contribution in [3.05, 3.63) is 39.9 Å². The van der Waals surface area contributed by atoms with E-state index in [1.165, 1.54) is 24.3 Å². The Morgan fingerprint density at radius 2 is 1.79 bits per heavy atom. The predicted molar refractivity (Wildman–Crippen MR) is 83.2 cm³/mol. The molecular weight excluding hydrogens is 320 g/mol. The number of aliphatic hydroxyl groups excluding tert-OH is 1. The molecule has 1 amide bonds. The van der Waals surface area contributed by atoms with Gasteiger partial charge in [0.2, 0.25) is 0 Å². The van der Waals surface area contributed by atoms with E-state index < -0.39 is 34.7 Å². The molecule has 0 fully saturated rings. The second kappa shape index (κ2) is 7.73. The lowest BCUT2D eigenvalue weighted by Crippen LogP contribution is -2.47. The van der Waals surface area contributed by atoms with Crippen LogP contribution in [0.25, 0.3) is 0 Å². The maximum absolute atomic E-state index is 11.8. The molecule has 132 valence electrons. The van der Waals surface area contributed by atoms with E-state index in [0.717, 1.165) is 7.11 Å². The van der Waals surface area contributed by atoms with Gasteiger partial charge in [-0.25, -0.2) is 9.59 Å². The summed E-state index contributed by atoms with van der Waals surface area (Å²) in [7, 11) is 1.11. The number of esters is 1. The van der Waals surface area contributed by atoms with E-state index in [4.69, 9.17) is 4.74 Å². The molecule has 0 bridgehead atoms.